The van der Waals surface area contributed by atoms with Crippen LogP contribution in [0.25, 0.3) is 11.1 Å². The number of nitrogens with zero attached hydrogens (tertiary/aromatic N) is 2. The smallest absolute Gasteiger partial charge is 0.341 e. The lowest BCUT2D eigenvalue weighted by atomic mass is 10.1. The van der Waals surface area contributed by atoms with E-state index >= 15 is 0 Å². The van der Waals surface area contributed by atoms with Crippen molar-refractivity contribution in [2.75, 3.05) is 35.7 Å². The van der Waals surface area contributed by atoms with Crippen molar-refractivity contribution < 1.29 is 59.0 Å². The third-order valence-corrected chi connectivity index (χ3v) is 8.50. The topological polar surface area (TPSA) is 225 Å². The monoisotopic (exact) mass is 843 g/mol. The molecule has 0 fully saturated rings. The first kappa shape index (κ1) is 49.4. The molecule has 6 N–H and O–H groups in total. The molecule has 0 saturated carbocycles. The fourth-order valence-corrected chi connectivity index (χ4v) is 5.32. The fourth-order valence-electron chi connectivity index (χ4n) is 4.96. The molecule has 0 aromatic heterocycles. The van der Waals surface area contributed by atoms with Gasteiger partial charge in [0.15, 0.2) is 19.2 Å². The summed E-state index contributed by atoms with van der Waals surface area (Å²) in [5, 5.41) is 49.7. The molecule has 0 atom stereocenters. The first-order valence-corrected chi connectivity index (χ1v) is 19.4. The Balaban J connectivity index is 0.000000325. The highest BCUT2D eigenvalue weighted by Crippen LogP contribution is 2.21. The molecule has 60 heavy (non-hydrogen) atoms. The molecule has 0 bridgehead atoms. The van der Waals surface area contributed by atoms with Crippen molar-refractivity contribution in [1.29, 1.82) is 0 Å². The SMILES string of the molecule is C(/C=C/Nc1ccccc1)=Nc1ccccc1.O=C/C(=C/O)c1ccc(N(CCCCCC(=O)O)CCCSOOO)cc1.O=C/C(=C/O)c1ccc(OCC(=O)O)cc1. The van der Waals surface area contributed by atoms with Crippen LogP contribution in [-0.2, 0) is 28.6 Å². The quantitative estimate of drug-likeness (QED) is 0.00566. The van der Waals surface area contributed by atoms with Crippen LogP contribution in [0.15, 0.2) is 139 Å². The van der Waals surface area contributed by atoms with Gasteiger partial charge in [-0.15, -0.1) is 4.33 Å². The number of aliphatic hydroxyl groups excluding tert-OH is 2. The van der Waals surface area contributed by atoms with Gasteiger partial charge in [-0.1, -0.05) is 72.1 Å². The number of aliphatic hydroxyl groups is 2. The van der Waals surface area contributed by atoms with Crippen LogP contribution in [0, 0.1) is 0 Å². The first-order valence-electron chi connectivity index (χ1n) is 18.5. The minimum Gasteiger partial charge on any atom is -0.515 e. The Hall–Kier alpha value is -6.72. The normalized spacial score (nSPS) is 11.2. The number of carbonyl (C=O) groups is 4. The van der Waals surface area contributed by atoms with E-state index in [1.54, 1.807) is 30.5 Å². The summed E-state index contributed by atoms with van der Waals surface area (Å²) in [7, 11) is 0. The summed E-state index contributed by atoms with van der Waals surface area (Å²) in [6.45, 7) is 1.07. The van der Waals surface area contributed by atoms with E-state index in [0.717, 1.165) is 67.7 Å². The lowest BCUT2D eigenvalue weighted by Gasteiger charge is -2.25. The van der Waals surface area contributed by atoms with Gasteiger partial charge < -0.3 is 35.4 Å². The van der Waals surface area contributed by atoms with Crippen molar-refractivity contribution in [3.8, 4) is 5.75 Å². The number of hydrogen-bond donors (Lipinski definition) is 6. The fraction of sp³-hybridized carbons (Fsp3) is 0.205. The number of carboxylic acids is 2. The molecule has 0 unspecified atom stereocenters. The predicted octanol–water partition coefficient (Wildman–Crippen LogP) is 8.96. The van der Waals surface area contributed by atoms with E-state index in [4.69, 9.17) is 30.4 Å². The molecule has 0 aliphatic heterocycles. The van der Waals surface area contributed by atoms with E-state index < -0.39 is 18.5 Å². The third-order valence-electron chi connectivity index (χ3n) is 7.89. The molecular formula is C44H49N3O12S. The van der Waals surface area contributed by atoms with Gasteiger partial charge >= 0.3 is 11.9 Å². The van der Waals surface area contributed by atoms with Gasteiger partial charge in [-0.2, -0.15) is 0 Å². The number of para-hydroxylation sites is 2. The number of aldehydes is 2. The zero-order valence-electron chi connectivity index (χ0n) is 32.7. The van der Waals surface area contributed by atoms with Crippen LogP contribution in [0.1, 0.15) is 43.2 Å². The zero-order valence-corrected chi connectivity index (χ0v) is 33.5. The van der Waals surface area contributed by atoms with Crippen molar-refractivity contribution in [1.82, 2.24) is 0 Å². The molecule has 4 rings (SSSR count). The molecule has 0 heterocycles. The Morgan fingerprint density at radius 3 is 1.85 bits per heavy atom. The molecule has 15 nitrogen and oxygen atoms in total. The van der Waals surface area contributed by atoms with Crippen LogP contribution in [-0.4, -0.2) is 81.9 Å². The number of anilines is 2. The Morgan fingerprint density at radius 1 is 0.717 bits per heavy atom. The van der Waals surface area contributed by atoms with Gasteiger partial charge in [-0.25, -0.2) is 10.1 Å². The number of nitrogens with one attached hydrogen (secondary N) is 1. The van der Waals surface area contributed by atoms with Crippen LogP contribution in [0.4, 0.5) is 17.1 Å². The summed E-state index contributed by atoms with van der Waals surface area (Å²) in [5.41, 5.74) is 4.49. The van der Waals surface area contributed by atoms with Crippen molar-refractivity contribution in [3.05, 3.63) is 145 Å². The zero-order chi connectivity index (χ0) is 43.6. The highest BCUT2D eigenvalue weighted by Gasteiger charge is 2.09. The third kappa shape index (κ3) is 21.7. The number of benzene rings is 4. The lowest BCUT2D eigenvalue weighted by Crippen LogP contribution is -2.26. The summed E-state index contributed by atoms with van der Waals surface area (Å²) in [4.78, 5) is 48.7. The highest BCUT2D eigenvalue weighted by atomic mass is 32.2. The molecule has 0 radical (unpaired) electrons. The maximum absolute atomic E-state index is 10.9. The minimum absolute atomic E-state index is 0.143. The highest BCUT2D eigenvalue weighted by molar-refractivity contribution is 7.94. The summed E-state index contributed by atoms with van der Waals surface area (Å²) in [6.07, 6.45) is 11.4. The molecular weight excluding hydrogens is 795 g/mol. The number of ether oxygens (including phenoxy) is 1. The number of carboxylic acid groups (broad SMARTS) is 2. The van der Waals surface area contributed by atoms with Crippen LogP contribution in [0.2, 0.25) is 0 Å². The molecule has 0 aliphatic carbocycles. The van der Waals surface area contributed by atoms with E-state index in [2.05, 4.69) is 24.6 Å². The molecule has 0 spiro atoms. The van der Waals surface area contributed by atoms with Gasteiger partial charge in [0.05, 0.1) is 29.4 Å². The van der Waals surface area contributed by atoms with Crippen LogP contribution >= 0.6 is 12.0 Å². The molecule has 16 heteroatoms. The number of carbonyl (C=O) groups excluding carboxylic acids is 2. The van der Waals surface area contributed by atoms with E-state index in [0.29, 0.717) is 47.9 Å². The van der Waals surface area contributed by atoms with Gasteiger partial charge in [-0.05, 0) is 85.0 Å². The van der Waals surface area contributed by atoms with Gasteiger partial charge in [0.25, 0.3) is 0 Å². The average Bonchev–Trinajstić information content (AvgIpc) is 3.27. The Kier molecular flexibility index (Phi) is 25.8. The molecule has 4 aromatic carbocycles. The summed E-state index contributed by atoms with van der Waals surface area (Å²) in [5.74, 6) is -0.841. The Morgan fingerprint density at radius 2 is 1.30 bits per heavy atom. The van der Waals surface area contributed by atoms with Crippen molar-refractivity contribution in [3.63, 3.8) is 0 Å². The lowest BCUT2D eigenvalue weighted by molar-refractivity contribution is -0.432. The van der Waals surface area contributed by atoms with Gasteiger partial charge in [0.2, 0.25) is 0 Å². The number of allylic oxidation sites excluding steroid dienone is 3. The Bertz CT molecular complexity index is 1940. The summed E-state index contributed by atoms with van der Waals surface area (Å²) >= 11 is 1.000. The van der Waals surface area contributed by atoms with E-state index in [9.17, 15) is 19.2 Å². The van der Waals surface area contributed by atoms with Crippen LogP contribution < -0.4 is 15.0 Å². The molecule has 0 amide bonds. The van der Waals surface area contributed by atoms with Gasteiger partial charge in [0, 0.05) is 61.1 Å². The average molecular weight is 844 g/mol. The second kappa shape index (κ2) is 31.3. The van der Waals surface area contributed by atoms with Crippen LogP contribution in [0.5, 0.6) is 5.75 Å². The second-order valence-electron chi connectivity index (χ2n) is 12.2. The van der Waals surface area contributed by atoms with Crippen molar-refractivity contribution in [2.45, 2.75) is 32.1 Å². The first-order chi connectivity index (χ1) is 29.2. The summed E-state index contributed by atoms with van der Waals surface area (Å²) in [6, 6.07) is 33.3. The largest absolute Gasteiger partial charge is 0.515 e. The van der Waals surface area contributed by atoms with Gasteiger partial charge in [-0.3, -0.25) is 19.4 Å². The minimum atomic E-state index is -1.06. The number of hydrogen-bond acceptors (Lipinski definition) is 14. The number of aliphatic imine (C=N–C) groups is 1. The van der Waals surface area contributed by atoms with E-state index in [-0.39, 0.29) is 17.6 Å². The molecule has 0 saturated heterocycles. The van der Waals surface area contributed by atoms with Gasteiger partial charge in [0.1, 0.15) is 5.75 Å². The maximum atomic E-state index is 10.9. The van der Waals surface area contributed by atoms with Crippen molar-refractivity contribution >= 4 is 71.0 Å². The summed E-state index contributed by atoms with van der Waals surface area (Å²) < 4.78 is 9.26. The van der Waals surface area contributed by atoms with E-state index in [1.165, 1.54) is 12.1 Å². The standard InChI is InChI=1S/C18H25NO7S.C15H14N2.C11H10O5/c20-13-16(14-21)15-6-8-17(9-7-15)19(11-4-12-27-26-25-24)10-3-1-2-5-18(22)23;1-3-8-14(9-4-1)16-12-7-13-17-15-10-5-2-6-11-15;12-5-9(6-13)8-1-3-10(4-2-8)16-7-11(14)15/h6-9,13-14,20,24H,1-5,10-12H2,(H,22,23);1-13,16H;1-6,12H,7H2,(H,14,15)/b16-13-;12-7+,17-13?;9-5-. The number of rotatable bonds is 24. The Labute approximate surface area is 352 Å². The van der Waals surface area contributed by atoms with Crippen molar-refractivity contribution in [2.24, 2.45) is 4.99 Å². The second-order valence-corrected chi connectivity index (χ2v) is 12.9. The van der Waals surface area contributed by atoms with E-state index in [1.807, 2.05) is 85.1 Å². The molecule has 0 aliphatic rings. The number of aliphatic carboxylic acids is 2. The van der Waals surface area contributed by atoms with Crippen LogP contribution in [0.3, 0.4) is 0 Å². The molecule has 318 valence electrons. The number of unbranched alkanes of at least 4 members (excludes halogenated alkanes) is 2. The predicted molar refractivity (Wildman–Crippen MR) is 233 cm³/mol. The molecule has 4 aromatic rings. The maximum Gasteiger partial charge on any atom is 0.341 e.